The zero-order valence-electron chi connectivity index (χ0n) is 13.4. The molecule has 5 heteroatoms. The fourth-order valence-corrected chi connectivity index (χ4v) is 1.76. The van der Waals surface area contributed by atoms with Crippen molar-refractivity contribution in [1.82, 2.24) is 10.3 Å². The first kappa shape index (κ1) is 17.9. The minimum absolute atomic E-state index is 0.612. The summed E-state index contributed by atoms with van der Waals surface area (Å²) in [6.45, 7) is 8.71. The summed E-state index contributed by atoms with van der Waals surface area (Å²) in [6.07, 6.45) is 2.61. The number of hydrogen-bond donors (Lipinski definition) is 1. The molecule has 0 aliphatic carbocycles. The van der Waals surface area contributed by atoms with Crippen molar-refractivity contribution in [2.24, 2.45) is 5.92 Å². The molecule has 0 aliphatic heterocycles. The molecule has 0 unspecified atom stereocenters. The largest absolute Gasteiger partial charge is 0.477 e. The Kier molecular flexibility index (Phi) is 9.78. The summed E-state index contributed by atoms with van der Waals surface area (Å²) in [4.78, 5) is 4.30. The van der Waals surface area contributed by atoms with E-state index >= 15 is 0 Å². The highest BCUT2D eigenvalue weighted by atomic mass is 16.5. The van der Waals surface area contributed by atoms with Gasteiger partial charge in [0.2, 0.25) is 5.88 Å². The molecular weight excluding hydrogens is 268 g/mol. The molecule has 1 aromatic heterocycles. The molecule has 0 atom stereocenters. The second kappa shape index (κ2) is 11.5. The first-order valence-electron chi connectivity index (χ1n) is 7.58. The van der Waals surface area contributed by atoms with E-state index in [-0.39, 0.29) is 0 Å². The number of nitrogens with one attached hydrogen (secondary N) is 1. The number of ether oxygens (including phenoxy) is 3. The molecule has 1 aromatic rings. The molecule has 0 fully saturated rings. The lowest BCUT2D eigenvalue weighted by molar-refractivity contribution is 0.0641. The van der Waals surface area contributed by atoms with Gasteiger partial charge in [0.25, 0.3) is 0 Å². The lowest BCUT2D eigenvalue weighted by Crippen LogP contribution is -2.19. The summed E-state index contributed by atoms with van der Waals surface area (Å²) >= 11 is 0. The Balaban J connectivity index is 2.24. The molecule has 5 nitrogen and oxygen atoms in total. The third kappa shape index (κ3) is 8.65. The monoisotopic (exact) mass is 296 g/mol. The van der Waals surface area contributed by atoms with Crippen molar-refractivity contribution < 1.29 is 14.2 Å². The van der Waals surface area contributed by atoms with Crippen LogP contribution in [0, 0.1) is 5.92 Å². The van der Waals surface area contributed by atoms with Crippen molar-refractivity contribution in [3.8, 4) is 5.88 Å². The minimum Gasteiger partial charge on any atom is -0.477 e. The molecule has 0 amide bonds. The Bertz CT molecular complexity index is 372. The van der Waals surface area contributed by atoms with Crippen molar-refractivity contribution in [3.63, 3.8) is 0 Å². The van der Waals surface area contributed by atoms with E-state index in [2.05, 4.69) is 24.1 Å². The van der Waals surface area contributed by atoms with E-state index in [1.54, 1.807) is 13.3 Å². The summed E-state index contributed by atoms with van der Waals surface area (Å²) in [6, 6.07) is 3.98. The summed E-state index contributed by atoms with van der Waals surface area (Å²) in [7, 11) is 1.67. The van der Waals surface area contributed by atoms with Gasteiger partial charge in [-0.2, -0.15) is 0 Å². The van der Waals surface area contributed by atoms with E-state index in [1.165, 1.54) is 0 Å². The molecule has 1 N–H and O–H groups in total. The molecule has 1 heterocycles. The Morgan fingerprint density at radius 3 is 2.81 bits per heavy atom. The van der Waals surface area contributed by atoms with Gasteiger partial charge in [-0.05, 0) is 18.5 Å². The molecular formula is C16H28N2O3. The van der Waals surface area contributed by atoms with Crippen LogP contribution in [0.1, 0.15) is 25.8 Å². The molecule has 0 spiro atoms. The van der Waals surface area contributed by atoms with E-state index in [0.29, 0.717) is 38.2 Å². The fourth-order valence-electron chi connectivity index (χ4n) is 1.76. The van der Waals surface area contributed by atoms with Gasteiger partial charge in [0.1, 0.15) is 0 Å². The van der Waals surface area contributed by atoms with Crippen LogP contribution in [0.4, 0.5) is 0 Å². The van der Waals surface area contributed by atoms with Crippen LogP contribution >= 0.6 is 0 Å². The van der Waals surface area contributed by atoms with E-state index in [4.69, 9.17) is 14.2 Å². The Labute approximate surface area is 128 Å². The first-order valence-corrected chi connectivity index (χ1v) is 7.58. The number of methoxy groups -OCH3 is 1. The fraction of sp³-hybridized carbons (Fsp3) is 0.688. The van der Waals surface area contributed by atoms with Crippen molar-refractivity contribution in [2.75, 3.05) is 40.1 Å². The summed E-state index contributed by atoms with van der Waals surface area (Å²) in [5, 5.41) is 3.41. The second-order valence-electron chi connectivity index (χ2n) is 5.30. The molecule has 0 aliphatic rings. The average Bonchev–Trinajstić information content (AvgIpc) is 2.47. The van der Waals surface area contributed by atoms with Gasteiger partial charge in [0.05, 0.1) is 19.8 Å². The zero-order chi connectivity index (χ0) is 15.3. The van der Waals surface area contributed by atoms with Gasteiger partial charge in [-0.15, -0.1) is 0 Å². The quantitative estimate of drug-likeness (QED) is 0.600. The van der Waals surface area contributed by atoms with Gasteiger partial charge in [0.15, 0.2) is 0 Å². The Morgan fingerprint density at radius 1 is 1.19 bits per heavy atom. The summed E-state index contributed by atoms with van der Waals surface area (Å²) in [5.41, 5.74) is 1.10. The van der Waals surface area contributed by atoms with Crippen LogP contribution < -0.4 is 10.1 Å². The number of rotatable bonds is 12. The number of pyridine rings is 1. The van der Waals surface area contributed by atoms with Crippen molar-refractivity contribution in [1.29, 1.82) is 0 Å². The SMILES string of the molecule is COCCOCCCOc1ncccc1CNCC(C)C. The third-order valence-electron chi connectivity index (χ3n) is 2.82. The molecule has 120 valence electrons. The average molecular weight is 296 g/mol. The van der Waals surface area contributed by atoms with Crippen LogP contribution in [0.3, 0.4) is 0 Å². The van der Waals surface area contributed by atoms with E-state index in [0.717, 1.165) is 25.1 Å². The highest BCUT2D eigenvalue weighted by Gasteiger charge is 2.04. The third-order valence-corrected chi connectivity index (χ3v) is 2.82. The highest BCUT2D eigenvalue weighted by molar-refractivity contribution is 5.25. The van der Waals surface area contributed by atoms with Crippen LogP contribution in [0.15, 0.2) is 18.3 Å². The van der Waals surface area contributed by atoms with Crippen molar-refractivity contribution >= 4 is 0 Å². The van der Waals surface area contributed by atoms with Gasteiger partial charge in [-0.1, -0.05) is 19.9 Å². The van der Waals surface area contributed by atoms with Crippen LogP contribution in [0.25, 0.3) is 0 Å². The number of hydrogen-bond acceptors (Lipinski definition) is 5. The lowest BCUT2D eigenvalue weighted by Gasteiger charge is -2.12. The van der Waals surface area contributed by atoms with Crippen molar-refractivity contribution in [2.45, 2.75) is 26.8 Å². The smallest absolute Gasteiger partial charge is 0.217 e. The first-order chi connectivity index (χ1) is 10.2. The number of aromatic nitrogens is 1. The predicted molar refractivity (Wildman–Crippen MR) is 83.6 cm³/mol. The molecule has 21 heavy (non-hydrogen) atoms. The van der Waals surface area contributed by atoms with Crippen LogP contribution in [0.5, 0.6) is 5.88 Å². The molecule has 0 bridgehead atoms. The maximum atomic E-state index is 5.74. The van der Waals surface area contributed by atoms with Crippen LogP contribution in [-0.2, 0) is 16.0 Å². The molecule has 0 aromatic carbocycles. The van der Waals surface area contributed by atoms with Gasteiger partial charge in [-0.3, -0.25) is 0 Å². The summed E-state index contributed by atoms with van der Waals surface area (Å²) in [5.74, 6) is 1.35. The Hall–Kier alpha value is -1.17. The molecule has 1 rings (SSSR count). The van der Waals surface area contributed by atoms with E-state index < -0.39 is 0 Å². The van der Waals surface area contributed by atoms with E-state index in [1.807, 2.05) is 12.1 Å². The second-order valence-corrected chi connectivity index (χ2v) is 5.30. The lowest BCUT2D eigenvalue weighted by atomic mass is 10.2. The molecule has 0 radical (unpaired) electrons. The van der Waals surface area contributed by atoms with Gasteiger partial charge in [-0.25, -0.2) is 4.98 Å². The normalized spacial score (nSPS) is 11.0. The van der Waals surface area contributed by atoms with Crippen LogP contribution in [-0.4, -0.2) is 45.1 Å². The van der Waals surface area contributed by atoms with Crippen molar-refractivity contribution in [3.05, 3.63) is 23.9 Å². The molecule has 0 saturated heterocycles. The standard InChI is InChI=1S/C16H28N2O3/c1-14(2)12-17-13-15-6-4-7-18-16(15)21-9-5-8-20-11-10-19-3/h4,6-7,14,17H,5,8-13H2,1-3H3. The van der Waals surface area contributed by atoms with Gasteiger partial charge in [0, 0.05) is 38.4 Å². The summed E-state index contributed by atoms with van der Waals surface area (Å²) < 4.78 is 16.0. The zero-order valence-corrected chi connectivity index (χ0v) is 13.4. The van der Waals surface area contributed by atoms with Gasteiger partial charge < -0.3 is 19.5 Å². The van der Waals surface area contributed by atoms with E-state index in [9.17, 15) is 0 Å². The predicted octanol–water partition coefficient (Wildman–Crippen LogP) is 2.26. The van der Waals surface area contributed by atoms with Crippen LogP contribution in [0.2, 0.25) is 0 Å². The molecule has 0 saturated carbocycles. The minimum atomic E-state index is 0.612. The number of nitrogens with zero attached hydrogens (tertiary/aromatic N) is 1. The topological polar surface area (TPSA) is 52.6 Å². The Morgan fingerprint density at radius 2 is 2.05 bits per heavy atom. The maximum absolute atomic E-state index is 5.74. The highest BCUT2D eigenvalue weighted by Crippen LogP contribution is 2.14. The van der Waals surface area contributed by atoms with Gasteiger partial charge >= 0.3 is 0 Å². The maximum Gasteiger partial charge on any atom is 0.217 e.